The van der Waals surface area contributed by atoms with E-state index in [1.165, 1.54) is 10.4 Å². The Bertz CT molecular complexity index is 470. The van der Waals surface area contributed by atoms with E-state index >= 15 is 0 Å². The number of nitrogens with zero attached hydrogens (tertiary/aromatic N) is 2. The number of aromatic nitrogens is 1. The van der Waals surface area contributed by atoms with Gasteiger partial charge in [-0.25, -0.2) is 0 Å². The van der Waals surface area contributed by atoms with Gasteiger partial charge in [0.05, 0.1) is 6.61 Å². The molecular weight excluding hydrogens is 244 g/mol. The fraction of sp³-hybridized carbons (Fsp3) is 0.357. The van der Waals surface area contributed by atoms with Crippen LogP contribution in [-0.4, -0.2) is 28.1 Å². The van der Waals surface area contributed by atoms with E-state index in [1.54, 1.807) is 11.3 Å². The first-order chi connectivity index (χ1) is 8.79. The number of aliphatic hydroxyl groups is 1. The summed E-state index contributed by atoms with van der Waals surface area (Å²) in [7, 11) is 0. The van der Waals surface area contributed by atoms with Gasteiger partial charge in [-0.15, -0.1) is 11.3 Å². The maximum Gasteiger partial charge on any atom is 0.0558 e. The summed E-state index contributed by atoms with van der Waals surface area (Å²) in [5, 5.41) is 11.2. The predicted octanol–water partition coefficient (Wildman–Crippen LogP) is 2.45. The molecule has 18 heavy (non-hydrogen) atoms. The van der Waals surface area contributed by atoms with Gasteiger partial charge in [0.25, 0.3) is 0 Å². The minimum atomic E-state index is 0.185. The van der Waals surface area contributed by atoms with Gasteiger partial charge in [-0.2, -0.15) is 0 Å². The smallest absolute Gasteiger partial charge is 0.0558 e. The van der Waals surface area contributed by atoms with Crippen LogP contribution in [0.2, 0.25) is 0 Å². The fourth-order valence-corrected chi connectivity index (χ4v) is 2.65. The van der Waals surface area contributed by atoms with E-state index in [2.05, 4.69) is 33.5 Å². The van der Waals surface area contributed by atoms with E-state index in [0.29, 0.717) is 6.54 Å². The molecule has 0 aromatic carbocycles. The average Bonchev–Trinajstić information content (AvgIpc) is 2.85. The Hall–Kier alpha value is -1.23. The summed E-state index contributed by atoms with van der Waals surface area (Å²) in [5.41, 5.74) is 2.29. The standard InChI is InChI=1S/C14H18N2OS/c1-12-13(4-2-6-15-12)10-16(7-8-17)11-14-5-3-9-18-14/h2-6,9,17H,7-8,10-11H2,1H3. The second kappa shape index (κ2) is 6.64. The third-order valence-corrected chi connectivity index (χ3v) is 3.75. The molecule has 96 valence electrons. The molecule has 0 aliphatic rings. The fourth-order valence-electron chi connectivity index (χ4n) is 1.90. The highest BCUT2D eigenvalue weighted by atomic mass is 32.1. The van der Waals surface area contributed by atoms with Crippen molar-refractivity contribution in [2.75, 3.05) is 13.2 Å². The molecule has 0 atom stereocenters. The van der Waals surface area contributed by atoms with E-state index in [-0.39, 0.29) is 6.61 Å². The van der Waals surface area contributed by atoms with E-state index < -0.39 is 0 Å². The second-order valence-corrected chi connectivity index (χ2v) is 5.29. The minimum absolute atomic E-state index is 0.185. The molecular formula is C14H18N2OS. The monoisotopic (exact) mass is 262 g/mol. The number of aliphatic hydroxyl groups excluding tert-OH is 1. The minimum Gasteiger partial charge on any atom is -0.395 e. The number of hydrogen-bond acceptors (Lipinski definition) is 4. The first kappa shape index (κ1) is 13.2. The maximum atomic E-state index is 9.16. The third kappa shape index (κ3) is 3.63. The van der Waals surface area contributed by atoms with Gasteiger partial charge < -0.3 is 5.11 Å². The van der Waals surface area contributed by atoms with Crippen LogP contribution >= 0.6 is 11.3 Å². The Balaban J connectivity index is 2.04. The molecule has 0 spiro atoms. The number of hydrogen-bond donors (Lipinski definition) is 1. The molecule has 0 aliphatic heterocycles. The molecule has 0 radical (unpaired) electrons. The van der Waals surface area contributed by atoms with E-state index in [0.717, 1.165) is 18.8 Å². The van der Waals surface area contributed by atoms with Crippen LogP contribution in [0.3, 0.4) is 0 Å². The number of rotatable bonds is 6. The Morgan fingerprint density at radius 2 is 2.17 bits per heavy atom. The normalized spacial score (nSPS) is 11.1. The molecule has 1 N–H and O–H groups in total. The molecule has 2 heterocycles. The molecule has 0 aliphatic carbocycles. The summed E-state index contributed by atoms with van der Waals surface area (Å²) in [5.74, 6) is 0. The zero-order valence-corrected chi connectivity index (χ0v) is 11.4. The molecule has 0 bridgehead atoms. The lowest BCUT2D eigenvalue weighted by Crippen LogP contribution is -2.26. The highest BCUT2D eigenvalue weighted by molar-refractivity contribution is 7.09. The average molecular weight is 262 g/mol. The highest BCUT2D eigenvalue weighted by Crippen LogP contribution is 2.15. The third-order valence-electron chi connectivity index (χ3n) is 2.89. The molecule has 3 nitrogen and oxygen atoms in total. The van der Waals surface area contributed by atoms with E-state index in [4.69, 9.17) is 5.11 Å². The second-order valence-electron chi connectivity index (χ2n) is 4.26. The van der Waals surface area contributed by atoms with Crippen molar-refractivity contribution in [1.29, 1.82) is 0 Å². The van der Waals surface area contributed by atoms with Crippen LogP contribution in [0.4, 0.5) is 0 Å². The van der Waals surface area contributed by atoms with Crippen LogP contribution in [0.25, 0.3) is 0 Å². The lowest BCUT2D eigenvalue weighted by atomic mass is 10.2. The molecule has 0 unspecified atom stereocenters. The summed E-state index contributed by atoms with van der Waals surface area (Å²) in [6.07, 6.45) is 1.81. The highest BCUT2D eigenvalue weighted by Gasteiger charge is 2.09. The van der Waals surface area contributed by atoms with Crippen molar-refractivity contribution in [1.82, 2.24) is 9.88 Å². The Kier molecular flexibility index (Phi) is 4.87. The Morgan fingerprint density at radius 1 is 1.28 bits per heavy atom. The Labute approximate surface area is 112 Å². The lowest BCUT2D eigenvalue weighted by Gasteiger charge is -2.21. The van der Waals surface area contributed by atoms with E-state index in [1.807, 2.05) is 19.2 Å². The van der Waals surface area contributed by atoms with Gasteiger partial charge in [0, 0.05) is 36.4 Å². The molecule has 0 saturated carbocycles. The lowest BCUT2D eigenvalue weighted by molar-refractivity contribution is 0.185. The van der Waals surface area contributed by atoms with Crippen molar-refractivity contribution in [3.8, 4) is 0 Å². The summed E-state index contributed by atoms with van der Waals surface area (Å²) in [4.78, 5) is 7.87. The number of aryl methyl sites for hydroxylation is 1. The van der Waals surface area contributed by atoms with Crippen molar-refractivity contribution < 1.29 is 5.11 Å². The van der Waals surface area contributed by atoms with Crippen molar-refractivity contribution >= 4 is 11.3 Å². The van der Waals surface area contributed by atoms with Gasteiger partial charge in [-0.3, -0.25) is 9.88 Å². The zero-order valence-electron chi connectivity index (χ0n) is 10.5. The van der Waals surface area contributed by atoms with Crippen molar-refractivity contribution in [3.05, 3.63) is 52.0 Å². The van der Waals surface area contributed by atoms with E-state index in [9.17, 15) is 0 Å². The van der Waals surface area contributed by atoms with Crippen molar-refractivity contribution in [2.45, 2.75) is 20.0 Å². The summed E-state index contributed by atoms with van der Waals surface area (Å²) < 4.78 is 0. The quantitative estimate of drug-likeness (QED) is 0.868. The maximum absolute atomic E-state index is 9.16. The SMILES string of the molecule is Cc1ncccc1CN(CCO)Cc1cccs1. The molecule has 2 aromatic heterocycles. The molecule has 2 aromatic rings. The van der Waals surface area contributed by atoms with Crippen LogP contribution < -0.4 is 0 Å². The zero-order chi connectivity index (χ0) is 12.8. The van der Waals surface area contributed by atoms with Crippen molar-refractivity contribution in [3.63, 3.8) is 0 Å². The summed E-state index contributed by atoms with van der Waals surface area (Å²) in [6.45, 7) is 4.61. The van der Waals surface area contributed by atoms with Crippen LogP contribution in [0.15, 0.2) is 35.8 Å². The van der Waals surface area contributed by atoms with Crippen LogP contribution in [0.5, 0.6) is 0 Å². The van der Waals surface area contributed by atoms with Gasteiger partial charge in [-0.1, -0.05) is 12.1 Å². The molecule has 2 rings (SSSR count). The number of pyridine rings is 1. The van der Waals surface area contributed by atoms with Gasteiger partial charge in [-0.05, 0) is 30.0 Å². The summed E-state index contributed by atoms with van der Waals surface area (Å²) in [6, 6.07) is 8.25. The van der Waals surface area contributed by atoms with Gasteiger partial charge in [0.2, 0.25) is 0 Å². The Morgan fingerprint density at radius 3 is 2.83 bits per heavy atom. The molecule has 0 amide bonds. The first-order valence-corrected chi connectivity index (χ1v) is 6.93. The van der Waals surface area contributed by atoms with Gasteiger partial charge >= 0.3 is 0 Å². The molecule has 0 fully saturated rings. The van der Waals surface area contributed by atoms with Gasteiger partial charge in [0.1, 0.15) is 0 Å². The van der Waals surface area contributed by atoms with Crippen LogP contribution in [-0.2, 0) is 13.1 Å². The first-order valence-electron chi connectivity index (χ1n) is 6.05. The number of thiophene rings is 1. The van der Waals surface area contributed by atoms with Crippen LogP contribution in [0, 0.1) is 6.92 Å². The predicted molar refractivity (Wildman–Crippen MR) is 74.5 cm³/mol. The van der Waals surface area contributed by atoms with Crippen molar-refractivity contribution in [2.24, 2.45) is 0 Å². The van der Waals surface area contributed by atoms with Crippen LogP contribution in [0.1, 0.15) is 16.1 Å². The molecule has 0 saturated heterocycles. The topological polar surface area (TPSA) is 36.4 Å². The largest absolute Gasteiger partial charge is 0.395 e. The molecule has 4 heteroatoms. The summed E-state index contributed by atoms with van der Waals surface area (Å²) >= 11 is 1.75. The van der Waals surface area contributed by atoms with Gasteiger partial charge in [0.15, 0.2) is 0 Å².